The first-order valence-corrected chi connectivity index (χ1v) is 4.82. The lowest BCUT2D eigenvalue weighted by atomic mass is 10.1. The van der Waals surface area contributed by atoms with Crippen molar-refractivity contribution < 1.29 is 17.6 Å². The summed E-state index contributed by atoms with van der Waals surface area (Å²) >= 11 is 0.772. The van der Waals surface area contributed by atoms with Crippen LogP contribution in [0.3, 0.4) is 0 Å². The fourth-order valence-electron chi connectivity index (χ4n) is 0.797. The van der Waals surface area contributed by atoms with Gasteiger partial charge in [-0.05, 0) is 0 Å². The summed E-state index contributed by atoms with van der Waals surface area (Å²) in [5.41, 5.74) is 4.86. The maximum Gasteiger partial charge on any atom is 0.399 e. The predicted octanol–water partition coefficient (Wildman–Crippen LogP) is 1.88. The van der Waals surface area contributed by atoms with Crippen molar-refractivity contribution in [2.24, 2.45) is 11.7 Å². The summed E-state index contributed by atoms with van der Waals surface area (Å²) < 4.78 is 41.7. The number of rotatable bonds is 4. The summed E-state index contributed by atoms with van der Waals surface area (Å²) in [5, 5.41) is 6.96. The SMILES string of the molecule is N=C(N)C(CSc1ncco1)C(F)(F)F. The first-order chi connectivity index (χ1) is 6.91. The van der Waals surface area contributed by atoms with Gasteiger partial charge < -0.3 is 10.2 Å². The minimum absolute atomic E-state index is 0.130. The molecular formula is C7H8F3N3OS. The van der Waals surface area contributed by atoms with Gasteiger partial charge in [-0.15, -0.1) is 0 Å². The molecule has 0 aliphatic heterocycles. The molecule has 4 nitrogen and oxygen atoms in total. The number of amidine groups is 1. The molecule has 84 valence electrons. The van der Waals surface area contributed by atoms with Crippen LogP contribution in [0.15, 0.2) is 22.1 Å². The first-order valence-electron chi connectivity index (χ1n) is 3.84. The van der Waals surface area contributed by atoms with Crippen LogP contribution in [-0.2, 0) is 0 Å². The second-order valence-electron chi connectivity index (χ2n) is 2.66. The molecule has 0 saturated heterocycles. The normalized spacial score (nSPS) is 13.8. The topological polar surface area (TPSA) is 75.9 Å². The number of alkyl halides is 3. The Labute approximate surface area is 87.6 Å². The van der Waals surface area contributed by atoms with Crippen LogP contribution >= 0.6 is 11.8 Å². The molecule has 1 heterocycles. The summed E-state index contributed by atoms with van der Waals surface area (Å²) in [4.78, 5) is 3.65. The quantitative estimate of drug-likeness (QED) is 0.478. The number of halogens is 3. The highest BCUT2D eigenvalue weighted by molar-refractivity contribution is 7.99. The summed E-state index contributed by atoms with van der Waals surface area (Å²) in [6, 6.07) is 0. The second-order valence-corrected chi connectivity index (χ2v) is 3.63. The summed E-state index contributed by atoms with van der Waals surface area (Å²) in [7, 11) is 0. The van der Waals surface area contributed by atoms with E-state index in [2.05, 4.69) is 4.98 Å². The predicted molar refractivity (Wildman–Crippen MR) is 48.7 cm³/mol. The van der Waals surface area contributed by atoms with Crippen molar-refractivity contribution in [2.45, 2.75) is 11.4 Å². The number of oxazole rings is 1. The van der Waals surface area contributed by atoms with Gasteiger partial charge in [-0.1, -0.05) is 11.8 Å². The zero-order valence-corrected chi connectivity index (χ0v) is 8.23. The summed E-state index contributed by atoms with van der Waals surface area (Å²) in [6.07, 6.45) is -1.91. The minimum Gasteiger partial charge on any atom is -0.440 e. The largest absolute Gasteiger partial charge is 0.440 e. The Morgan fingerprint density at radius 1 is 1.67 bits per heavy atom. The van der Waals surface area contributed by atoms with Crippen LogP contribution in [0.5, 0.6) is 0 Å². The number of nitrogens with zero attached hydrogens (tertiary/aromatic N) is 1. The number of hydrogen-bond acceptors (Lipinski definition) is 4. The average Bonchev–Trinajstić information content (AvgIpc) is 2.53. The molecule has 0 bridgehead atoms. The Bertz CT molecular complexity index is 325. The smallest absolute Gasteiger partial charge is 0.399 e. The lowest BCUT2D eigenvalue weighted by Crippen LogP contribution is -2.36. The van der Waals surface area contributed by atoms with Crippen LogP contribution in [0.2, 0.25) is 0 Å². The third-order valence-corrected chi connectivity index (χ3v) is 2.50. The lowest BCUT2D eigenvalue weighted by molar-refractivity contribution is -0.150. The van der Waals surface area contributed by atoms with E-state index in [0.29, 0.717) is 0 Å². The highest BCUT2D eigenvalue weighted by Gasteiger charge is 2.41. The van der Waals surface area contributed by atoms with Gasteiger partial charge in [-0.25, -0.2) is 4.98 Å². The highest BCUT2D eigenvalue weighted by atomic mass is 32.2. The molecule has 1 rings (SSSR count). The molecule has 0 radical (unpaired) electrons. The third kappa shape index (κ3) is 3.46. The van der Waals surface area contributed by atoms with E-state index in [1.807, 2.05) is 0 Å². The van der Waals surface area contributed by atoms with Gasteiger partial charge >= 0.3 is 6.18 Å². The van der Waals surface area contributed by atoms with E-state index in [0.717, 1.165) is 11.8 Å². The molecule has 0 spiro atoms. The van der Waals surface area contributed by atoms with Gasteiger partial charge in [-0.3, -0.25) is 5.41 Å². The van der Waals surface area contributed by atoms with E-state index < -0.39 is 23.7 Å². The fraction of sp³-hybridized carbons (Fsp3) is 0.429. The second kappa shape index (κ2) is 4.56. The fourth-order valence-corrected chi connectivity index (χ4v) is 1.73. The Kier molecular flexibility index (Phi) is 3.61. The first kappa shape index (κ1) is 11.9. The molecule has 0 aliphatic carbocycles. The van der Waals surface area contributed by atoms with Gasteiger partial charge in [0.15, 0.2) is 0 Å². The average molecular weight is 239 g/mol. The minimum atomic E-state index is -4.51. The van der Waals surface area contributed by atoms with Crippen molar-refractivity contribution in [2.75, 3.05) is 5.75 Å². The van der Waals surface area contributed by atoms with Gasteiger partial charge in [0.2, 0.25) is 0 Å². The van der Waals surface area contributed by atoms with Gasteiger partial charge in [0.05, 0.1) is 6.20 Å². The Hall–Kier alpha value is -1.18. The number of nitrogens with one attached hydrogen (secondary N) is 1. The van der Waals surface area contributed by atoms with E-state index >= 15 is 0 Å². The zero-order chi connectivity index (χ0) is 11.5. The van der Waals surface area contributed by atoms with E-state index in [1.54, 1.807) is 0 Å². The lowest BCUT2D eigenvalue weighted by Gasteiger charge is -2.17. The number of aromatic nitrogens is 1. The molecule has 15 heavy (non-hydrogen) atoms. The molecule has 8 heteroatoms. The number of hydrogen-bond donors (Lipinski definition) is 2. The summed E-state index contributed by atoms with van der Waals surface area (Å²) in [5.74, 6) is -3.27. The molecule has 0 aromatic carbocycles. The standard InChI is InChI=1S/C7H8F3N3OS/c8-7(9,10)4(5(11)12)3-15-6-13-1-2-14-6/h1-2,4H,3H2,(H3,11,12). The molecule has 3 N–H and O–H groups in total. The third-order valence-electron chi connectivity index (χ3n) is 1.55. The Balaban J connectivity index is 2.57. The van der Waals surface area contributed by atoms with Gasteiger partial charge in [0.1, 0.15) is 18.0 Å². The van der Waals surface area contributed by atoms with E-state index in [4.69, 9.17) is 15.6 Å². The molecule has 1 unspecified atom stereocenters. The maximum absolute atomic E-state index is 12.3. The van der Waals surface area contributed by atoms with Crippen molar-refractivity contribution in [3.05, 3.63) is 12.5 Å². The maximum atomic E-state index is 12.3. The molecule has 1 aromatic rings. The Morgan fingerprint density at radius 2 is 2.33 bits per heavy atom. The number of nitrogens with two attached hydrogens (primary N) is 1. The molecule has 1 atom stereocenters. The molecule has 0 aliphatic rings. The van der Waals surface area contributed by atoms with Crippen molar-refractivity contribution >= 4 is 17.6 Å². The van der Waals surface area contributed by atoms with Gasteiger partial charge in [0, 0.05) is 5.75 Å². The molecule has 0 amide bonds. The summed E-state index contributed by atoms with van der Waals surface area (Å²) in [6.45, 7) is 0. The van der Waals surface area contributed by atoms with Crippen molar-refractivity contribution in [1.29, 1.82) is 5.41 Å². The van der Waals surface area contributed by atoms with E-state index in [-0.39, 0.29) is 5.22 Å². The van der Waals surface area contributed by atoms with Crippen molar-refractivity contribution in [3.63, 3.8) is 0 Å². The van der Waals surface area contributed by atoms with Crippen LogP contribution in [0.1, 0.15) is 0 Å². The molecule has 1 aromatic heterocycles. The zero-order valence-electron chi connectivity index (χ0n) is 7.41. The molecule has 0 saturated carbocycles. The highest BCUT2D eigenvalue weighted by Crippen LogP contribution is 2.30. The van der Waals surface area contributed by atoms with Crippen molar-refractivity contribution in [1.82, 2.24) is 4.98 Å². The van der Waals surface area contributed by atoms with Crippen LogP contribution in [0.25, 0.3) is 0 Å². The van der Waals surface area contributed by atoms with E-state index in [9.17, 15) is 13.2 Å². The monoisotopic (exact) mass is 239 g/mol. The van der Waals surface area contributed by atoms with Gasteiger partial charge in [0.25, 0.3) is 5.22 Å². The van der Waals surface area contributed by atoms with Crippen molar-refractivity contribution in [3.8, 4) is 0 Å². The molecular weight excluding hydrogens is 231 g/mol. The number of thioether (sulfide) groups is 1. The van der Waals surface area contributed by atoms with E-state index in [1.165, 1.54) is 12.5 Å². The molecule has 0 fully saturated rings. The van der Waals surface area contributed by atoms with Crippen LogP contribution < -0.4 is 5.73 Å². The Morgan fingerprint density at radius 3 is 2.73 bits per heavy atom. The van der Waals surface area contributed by atoms with Crippen LogP contribution in [-0.4, -0.2) is 22.7 Å². The van der Waals surface area contributed by atoms with Gasteiger partial charge in [-0.2, -0.15) is 13.2 Å². The van der Waals surface area contributed by atoms with Crippen LogP contribution in [0, 0.1) is 11.3 Å². The van der Waals surface area contributed by atoms with Crippen LogP contribution in [0.4, 0.5) is 13.2 Å².